The molecule has 0 bridgehead atoms. The fraction of sp³-hybridized carbons (Fsp3) is 1.00. The Balaban J connectivity index is 1.72. The highest BCUT2D eigenvalue weighted by atomic mass is 35.5. The van der Waals surface area contributed by atoms with Crippen molar-refractivity contribution in [3.8, 4) is 0 Å². The van der Waals surface area contributed by atoms with Gasteiger partial charge >= 0.3 is 0 Å². The molecule has 84 valence electrons. The Kier molecular flexibility index (Phi) is 6.52. The lowest BCUT2D eigenvalue weighted by atomic mass is 9.92. The molecule has 0 atom stereocenters. The van der Waals surface area contributed by atoms with Gasteiger partial charge in [0.2, 0.25) is 0 Å². The number of ether oxygens (including phenoxy) is 2. The molecule has 1 aliphatic rings. The van der Waals surface area contributed by atoms with Gasteiger partial charge in [0.1, 0.15) is 0 Å². The summed E-state index contributed by atoms with van der Waals surface area (Å²) in [5, 5.41) is 3.85. The second-order valence-electron chi connectivity index (χ2n) is 3.68. The molecule has 0 saturated heterocycles. The molecule has 1 aliphatic carbocycles. The number of rotatable bonds is 8. The zero-order valence-electron chi connectivity index (χ0n) is 8.80. The van der Waals surface area contributed by atoms with Gasteiger partial charge in [0.15, 0.2) is 0 Å². The summed E-state index contributed by atoms with van der Waals surface area (Å²) in [7, 11) is 1.68. The Morgan fingerprint density at radius 2 is 2.07 bits per heavy atom. The SMILES string of the molecule is COCCOCCCNC1CC(Cl)C1. The first-order valence-electron chi connectivity index (χ1n) is 5.27. The predicted molar refractivity (Wildman–Crippen MR) is 58.0 cm³/mol. The molecule has 0 unspecified atom stereocenters. The molecule has 1 fully saturated rings. The van der Waals surface area contributed by atoms with Crippen molar-refractivity contribution in [1.82, 2.24) is 5.32 Å². The monoisotopic (exact) mass is 221 g/mol. The van der Waals surface area contributed by atoms with E-state index in [0.29, 0.717) is 24.6 Å². The Labute approximate surface area is 91.1 Å². The first-order chi connectivity index (χ1) is 6.83. The third kappa shape index (κ3) is 5.15. The van der Waals surface area contributed by atoms with Gasteiger partial charge in [-0.2, -0.15) is 0 Å². The van der Waals surface area contributed by atoms with Gasteiger partial charge in [-0.15, -0.1) is 11.6 Å². The molecule has 0 radical (unpaired) electrons. The van der Waals surface area contributed by atoms with Gasteiger partial charge in [0.05, 0.1) is 13.2 Å². The van der Waals surface area contributed by atoms with Gasteiger partial charge in [-0.25, -0.2) is 0 Å². The van der Waals surface area contributed by atoms with Crippen LogP contribution in [0.5, 0.6) is 0 Å². The Hall–Kier alpha value is 0.170. The minimum absolute atomic E-state index is 0.408. The molecular weight excluding hydrogens is 202 g/mol. The van der Waals surface area contributed by atoms with Crippen molar-refractivity contribution >= 4 is 11.6 Å². The van der Waals surface area contributed by atoms with E-state index in [1.807, 2.05) is 0 Å². The zero-order valence-corrected chi connectivity index (χ0v) is 9.55. The van der Waals surface area contributed by atoms with Crippen molar-refractivity contribution in [2.75, 3.05) is 33.5 Å². The first kappa shape index (κ1) is 12.2. The lowest BCUT2D eigenvalue weighted by Gasteiger charge is -2.31. The molecule has 0 aromatic heterocycles. The molecule has 4 heteroatoms. The van der Waals surface area contributed by atoms with Crippen LogP contribution in [0.2, 0.25) is 0 Å². The predicted octanol–water partition coefficient (Wildman–Crippen LogP) is 1.40. The van der Waals surface area contributed by atoms with Crippen LogP contribution in [-0.2, 0) is 9.47 Å². The van der Waals surface area contributed by atoms with Crippen molar-refractivity contribution in [1.29, 1.82) is 0 Å². The largest absolute Gasteiger partial charge is 0.382 e. The van der Waals surface area contributed by atoms with Gasteiger partial charge in [0.25, 0.3) is 0 Å². The average Bonchev–Trinajstić information content (AvgIpc) is 2.13. The van der Waals surface area contributed by atoms with Crippen LogP contribution in [0.4, 0.5) is 0 Å². The van der Waals surface area contributed by atoms with E-state index >= 15 is 0 Å². The maximum absolute atomic E-state index is 5.86. The fourth-order valence-electron chi connectivity index (χ4n) is 1.44. The van der Waals surface area contributed by atoms with Gasteiger partial charge in [0, 0.05) is 25.1 Å². The molecule has 0 amide bonds. The molecule has 0 aromatic rings. The minimum atomic E-state index is 0.408. The highest BCUT2D eigenvalue weighted by Crippen LogP contribution is 2.24. The van der Waals surface area contributed by atoms with E-state index in [-0.39, 0.29) is 0 Å². The first-order valence-corrected chi connectivity index (χ1v) is 5.70. The van der Waals surface area contributed by atoms with Crippen LogP contribution in [0.3, 0.4) is 0 Å². The van der Waals surface area contributed by atoms with Gasteiger partial charge in [-0.3, -0.25) is 0 Å². The van der Waals surface area contributed by atoms with Crippen LogP contribution in [0.25, 0.3) is 0 Å². The summed E-state index contributed by atoms with van der Waals surface area (Å²) in [4.78, 5) is 0. The Morgan fingerprint density at radius 1 is 1.29 bits per heavy atom. The molecule has 3 nitrogen and oxygen atoms in total. The maximum Gasteiger partial charge on any atom is 0.0700 e. The van der Waals surface area contributed by atoms with E-state index in [0.717, 1.165) is 32.4 Å². The molecule has 0 aromatic carbocycles. The molecule has 1 saturated carbocycles. The van der Waals surface area contributed by atoms with E-state index in [1.54, 1.807) is 7.11 Å². The van der Waals surface area contributed by atoms with E-state index < -0.39 is 0 Å². The standard InChI is InChI=1S/C10H20ClNO2/c1-13-5-6-14-4-2-3-12-10-7-9(11)8-10/h9-10,12H,2-8H2,1H3. The van der Waals surface area contributed by atoms with Crippen molar-refractivity contribution in [2.45, 2.75) is 30.7 Å². The summed E-state index contributed by atoms with van der Waals surface area (Å²) >= 11 is 5.86. The normalized spacial score (nSPS) is 26.1. The van der Waals surface area contributed by atoms with Crippen molar-refractivity contribution in [3.63, 3.8) is 0 Å². The van der Waals surface area contributed by atoms with Gasteiger partial charge in [-0.05, 0) is 25.8 Å². The lowest BCUT2D eigenvalue weighted by Crippen LogP contribution is -2.42. The summed E-state index contributed by atoms with van der Waals surface area (Å²) in [6, 6.07) is 0.650. The third-order valence-corrected chi connectivity index (χ3v) is 2.77. The number of methoxy groups -OCH3 is 1. The molecule has 14 heavy (non-hydrogen) atoms. The average molecular weight is 222 g/mol. The van der Waals surface area contributed by atoms with Crippen LogP contribution in [0.15, 0.2) is 0 Å². The zero-order chi connectivity index (χ0) is 10.2. The topological polar surface area (TPSA) is 30.5 Å². The molecule has 1 N–H and O–H groups in total. The fourth-order valence-corrected chi connectivity index (χ4v) is 1.87. The number of hydrogen-bond donors (Lipinski definition) is 1. The summed E-state index contributed by atoms with van der Waals surface area (Å²) in [6.45, 7) is 3.22. The second-order valence-corrected chi connectivity index (χ2v) is 4.30. The van der Waals surface area contributed by atoms with Crippen LogP contribution < -0.4 is 5.32 Å². The third-order valence-electron chi connectivity index (χ3n) is 2.41. The van der Waals surface area contributed by atoms with E-state index in [9.17, 15) is 0 Å². The van der Waals surface area contributed by atoms with E-state index in [1.165, 1.54) is 0 Å². The number of alkyl halides is 1. The number of nitrogens with one attached hydrogen (secondary N) is 1. The molecule has 0 heterocycles. The Morgan fingerprint density at radius 3 is 2.71 bits per heavy atom. The summed E-state index contributed by atoms with van der Waals surface area (Å²) in [5.74, 6) is 0. The van der Waals surface area contributed by atoms with Crippen molar-refractivity contribution in [3.05, 3.63) is 0 Å². The van der Waals surface area contributed by atoms with E-state index in [2.05, 4.69) is 5.32 Å². The molecule has 0 spiro atoms. The minimum Gasteiger partial charge on any atom is -0.382 e. The van der Waals surface area contributed by atoms with Crippen LogP contribution in [-0.4, -0.2) is 44.9 Å². The summed E-state index contributed by atoms with van der Waals surface area (Å²) in [6.07, 6.45) is 3.30. The van der Waals surface area contributed by atoms with Gasteiger partial charge < -0.3 is 14.8 Å². The quantitative estimate of drug-likeness (QED) is 0.497. The smallest absolute Gasteiger partial charge is 0.0700 e. The van der Waals surface area contributed by atoms with E-state index in [4.69, 9.17) is 21.1 Å². The second kappa shape index (κ2) is 7.46. The molecule has 1 rings (SSSR count). The van der Waals surface area contributed by atoms with Crippen LogP contribution in [0.1, 0.15) is 19.3 Å². The highest BCUT2D eigenvalue weighted by molar-refractivity contribution is 6.21. The Bertz CT molecular complexity index is 140. The number of halogens is 1. The lowest BCUT2D eigenvalue weighted by molar-refractivity contribution is 0.0689. The van der Waals surface area contributed by atoms with Crippen LogP contribution in [0, 0.1) is 0 Å². The maximum atomic E-state index is 5.86. The number of hydrogen-bond acceptors (Lipinski definition) is 3. The highest BCUT2D eigenvalue weighted by Gasteiger charge is 2.25. The van der Waals surface area contributed by atoms with Crippen molar-refractivity contribution in [2.24, 2.45) is 0 Å². The molecular formula is C10H20ClNO2. The van der Waals surface area contributed by atoms with Gasteiger partial charge in [-0.1, -0.05) is 0 Å². The van der Waals surface area contributed by atoms with Crippen LogP contribution >= 0.6 is 11.6 Å². The summed E-state index contributed by atoms with van der Waals surface area (Å²) < 4.78 is 10.2. The molecule has 0 aliphatic heterocycles. The van der Waals surface area contributed by atoms with Crippen molar-refractivity contribution < 1.29 is 9.47 Å². The summed E-state index contributed by atoms with van der Waals surface area (Å²) in [5.41, 5.74) is 0.